The highest BCUT2D eigenvalue weighted by molar-refractivity contribution is 6.03. The molecular weight excluding hydrogens is 314 g/mol. The zero-order valence-electron chi connectivity index (χ0n) is 14.7. The van der Waals surface area contributed by atoms with Crippen LogP contribution in [0.3, 0.4) is 0 Å². The van der Waals surface area contributed by atoms with Crippen LogP contribution < -0.4 is 0 Å². The van der Waals surface area contributed by atoms with Gasteiger partial charge in [0, 0.05) is 23.0 Å². The van der Waals surface area contributed by atoms with Crippen molar-refractivity contribution in [2.24, 2.45) is 0 Å². The summed E-state index contributed by atoms with van der Waals surface area (Å²) in [6.45, 7) is 5.45. The lowest BCUT2D eigenvalue weighted by Gasteiger charge is -2.03. The first-order valence-corrected chi connectivity index (χ1v) is 8.34. The van der Waals surface area contributed by atoms with E-state index in [1.54, 1.807) is 10.9 Å². The van der Waals surface area contributed by atoms with Crippen LogP contribution in [0, 0.1) is 6.92 Å². The number of Topliss-reactive ketones (excluding diaryl/α,β-unsaturated/α-hetero) is 2. The van der Waals surface area contributed by atoms with Gasteiger partial charge >= 0.3 is 0 Å². The molecule has 0 saturated carbocycles. The van der Waals surface area contributed by atoms with Crippen molar-refractivity contribution >= 4 is 11.6 Å². The van der Waals surface area contributed by atoms with Gasteiger partial charge in [-0.05, 0) is 31.4 Å². The maximum Gasteiger partial charge on any atom is 0.200 e. The predicted molar refractivity (Wildman–Crippen MR) is 96.9 cm³/mol. The van der Waals surface area contributed by atoms with Crippen LogP contribution in [0.5, 0.6) is 0 Å². The monoisotopic (exact) mass is 335 g/mol. The van der Waals surface area contributed by atoms with Gasteiger partial charge in [0.15, 0.2) is 5.78 Å². The van der Waals surface area contributed by atoms with E-state index >= 15 is 0 Å². The smallest absolute Gasteiger partial charge is 0.200 e. The molecule has 5 nitrogen and oxygen atoms in total. The van der Waals surface area contributed by atoms with Gasteiger partial charge in [0.2, 0.25) is 5.78 Å². The van der Waals surface area contributed by atoms with Crippen LogP contribution in [0.4, 0.5) is 0 Å². The highest BCUT2D eigenvalue weighted by atomic mass is 16.1. The molecule has 0 bridgehead atoms. The number of aromatic amines is 1. The van der Waals surface area contributed by atoms with E-state index in [9.17, 15) is 9.59 Å². The van der Waals surface area contributed by atoms with Crippen LogP contribution in [0.25, 0.3) is 11.1 Å². The Balaban J connectivity index is 1.85. The second-order valence-corrected chi connectivity index (χ2v) is 6.10. The molecule has 0 fully saturated rings. The Kier molecular flexibility index (Phi) is 4.65. The van der Waals surface area contributed by atoms with Crippen LogP contribution in [0.2, 0.25) is 0 Å². The highest BCUT2D eigenvalue weighted by Gasteiger charge is 2.21. The minimum atomic E-state index is -0.0739. The fourth-order valence-electron chi connectivity index (χ4n) is 3.20. The number of nitrogens with zero attached hydrogens (tertiary/aromatic N) is 2. The van der Waals surface area contributed by atoms with Crippen molar-refractivity contribution in [1.29, 1.82) is 0 Å². The molecule has 1 aromatic carbocycles. The molecule has 0 aliphatic rings. The SMILES string of the molecule is CCc1c(C(=O)Cn2cc(-c3ccccc3)cn2)[nH]c(C)c1C(C)=O. The molecule has 25 heavy (non-hydrogen) atoms. The molecule has 1 N–H and O–H groups in total. The summed E-state index contributed by atoms with van der Waals surface area (Å²) in [4.78, 5) is 27.7. The summed E-state index contributed by atoms with van der Waals surface area (Å²) in [7, 11) is 0. The first-order valence-electron chi connectivity index (χ1n) is 8.34. The molecule has 0 spiro atoms. The summed E-state index contributed by atoms with van der Waals surface area (Å²) in [6, 6.07) is 9.91. The molecular formula is C20H21N3O2. The Morgan fingerprint density at radius 3 is 2.52 bits per heavy atom. The van der Waals surface area contributed by atoms with Crippen molar-refractivity contribution in [3.63, 3.8) is 0 Å². The van der Waals surface area contributed by atoms with Crippen LogP contribution >= 0.6 is 0 Å². The number of H-pyrrole nitrogens is 1. The predicted octanol–water partition coefficient (Wildman–Crippen LogP) is 3.83. The molecule has 0 aliphatic carbocycles. The minimum Gasteiger partial charge on any atom is -0.355 e. The van der Waals surface area contributed by atoms with Gasteiger partial charge in [-0.1, -0.05) is 37.3 Å². The number of aryl methyl sites for hydroxylation is 1. The number of benzene rings is 1. The lowest BCUT2D eigenvalue weighted by Crippen LogP contribution is -2.13. The van der Waals surface area contributed by atoms with Crippen molar-refractivity contribution in [3.8, 4) is 11.1 Å². The summed E-state index contributed by atoms with van der Waals surface area (Å²) >= 11 is 0. The van der Waals surface area contributed by atoms with Crippen LogP contribution in [0.15, 0.2) is 42.7 Å². The fraction of sp³-hybridized carbons (Fsp3) is 0.250. The largest absolute Gasteiger partial charge is 0.355 e. The van der Waals surface area contributed by atoms with Crippen LogP contribution in [-0.2, 0) is 13.0 Å². The molecule has 0 unspecified atom stereocenters. The zero-order valence-corrected chi connectivity index (χ0v) is 14.7. The first kappa shape index (κ1) is 16.9. The molecule has 0 atom stereocenters. The molecule has 2 heterocycles. The van der Waals surface area contributed by atoms with E-state index in [2.05, 4.69) is 10.1 Å². The molecule has 0 aliphatic heterocycles. The Morgan fingerprint density at radius 2 is 1.88 bits per heavy atom. The van der Waals surface area contributed by atoms with Crippen molar-refractivity contribution in [2.75, 3.05) is 0 Å². The van der Waals surface area contributed by atoms with E-state index in [0.29, 0.717) is 17.7 Å². The molecule has 0 radical (unpaired) electrons. The van der Waals surface area contributed by atoms with Gasteiger partial charge in [0.25, 0.3) is 0 Å². The van der Waals surface area contributed by atoms with Gasteiger partial charge in [-0.3, -0.25) is 14.3 Å². The topological polar surface area (TPSA) is 67.8 Å². The maximum atomic E-state index is 12.7. The molecule has 5 heteroatoms. The first-order chi connectivity index (χ1) is 12.0. The van der Waals surface area contributed by atoms with Gasteiger partial charge in [-0.25, -0.2) is 0 Å². The summed E-state index contributed by atoms with van der Waals surface area (Å²) in [5.41, 5.74) is 4.73. The van der Waals surface area contributed by atoms with Gasteiger partial charge in [0.1, 0.15) is 6.54 Å². The number of hydrogen-bond donors (Lipinski definition) is 1. The van der Waals surface area contributed by atoms with Crippen molar-refractivity contribution in [3.05, 3.63) is 65.2 Å². The average Bonchev–Trinajstić information content (AvgIpc) is 3.19. The molecule has 128 valence electrons. The van der Waals surface area contributed by atoms with E-state index in [1.807, 2.05) is 50.4 Å². The number of ketones is 2. The number of hydrogen-bond acceptors (Lipinski definition) is 3. The van der Waals surface area contributed by atoms with E-state index in [4.69, 9.17) is 0 Å². The summed E-state index contributed by atoms with van der Waals surface area (Å²) < 4.78 is 1.63. The Bertz CT molecular complexity index is 920. The minimum absolute atomic E-state index is 0.0184. The van der Waals surface area contributed by atoms with E-state index in [-0.39, 0.29) is 18.1 Å². The van der Waals surface area contributed by atoms with Crippen molar-refractivity contribution in [2.45, 2.75) is 33.7 Å². The normalized spacial score (nSPS) is 10.8. The Hall–Kier alpha value is -2.95. The second-order valence-electron chi connectivity index (χ2n) is 6.10. The molecule has 2 aromatic heterocycles. The standard InChI is InChI=1S/C20H21N3O2/c1-4-17-19(14(3)24)13(2)22-20(17)18(25)12-23-11-16(10-21-23)15-8-6-5-7-9-15/h5-11,22H,4,12H2,1-3H3. The number of aromatic nitrogens is 3. The summed E-state index contributed by atoms with van der Waals surface area (Å²) in [6.07, 6.45) is 4.25. The zero-order chi connectivity index (χ0) is 18.0. The van der Waals surface area contributed by atoms with E-state index in [0.717, 1.165) is 22.4 Å². The second kappa shape index (κ2) is 6.89. The van der Waals surface area contributed by atoms with Gasteiger partial charge in [-0.15, -0.1) is 0 Å². The Morgan fingerprint density at radius 1 is 1.16 bits per heavy atom. The third-order valence-electron chi connectivity index (χ3n) is 4.32. The van der Waals surface area contributed by atoms with Crippen molar-refractivity contribution in [1.82, 2.24) is 14.8 Å². The van der Waals surface area contributed by atoms with Gasteiger partial charge in [0.05, 0.1) is 11.9 Å². The summed E-state index contributed by atoms with van der Waals surface area (Å²) in [5.74, 6) is -0.0923. The lowest BCUT2D eigenvalue weighted by molar-refractivity contribution is 0.0962. The number of nitrogens with one attached hydrogen (secondary N) is 1. The maximum absolute atomic E-state index is 12.7. The molecule has 3 aromatic rings. The third kappa shape index (κ3) is 3.31. The number of carbonyl (C=O) groups excluding carboxylic acids is 2. The lowest BCUT2D eigenvalue weighted by atomic mass is 10.0. The van der Waals surface area contributed by atoms with Gasteiger partial charge in [-0.2, -0.15) is 5.10 Å². The number of carbonyl (C=O) groups is 2. The molecule has 0 amide bonds. The number of rotatable bonds is 6. The molecule has 0 saturated heterocycles. The van der Waals surface area contributed by atoms with Crippen molar-refractivity contribution < 1.29 is 9.59 Å². The van der Waals surface area contributed by atoms with E-state index < -0.39 is 0 Å². The quantitative estimate of drug-likeness (QED) is 0.696. The highest BCUT2D eigenvalue weighted by Crippen LogP contribution is 2.22. The van der Waals surface area contributed by atoms with E-state index in [1.165, 1.54) is 6.92 Å². The molecule has 3 rings (SSSR count). The summed E-state index contributed by atoms with van der Waals surface area (Å²) in [5, 5.41) is 4.29. The Labute approximate surface area is 146 Å². The third-order valence-corrected chi connectivity index (χ3v) is 4.32. The van der Waals surface area contributed by atoms with Crippen LogP contribution in [-0.4, -0.2) is 26.3 Å². The fourth-order valence-corrected chi connectivity index (χ4v) is 3.20. The van der Waals surface area contributed by atoms with Gasteiger partial charge < -0.3 is 4.98 Å². The average molecular weight is 335 g/mol. The van der Waals surface area contributed by atoms with Crippen LogP contribution in [0.1, 0.15) is 46.0 Å².